The van der Waals surface area contributed by atoms with Crippen molar-refractivity contribution in [2.75, 3.05) is 25.1 Å². The number of pyridine rings is 1. The van der Waals surface area contributed by atoms with E-state index in [0.717, 1.165) is 11.3 Å². The largest absolute Gasteiger partial charge is 0.553 e. The first-order valence-electron chi connectivity index (χ1n) is 8.84. The summed E-state index contributed by atoms with van der Waals surface area (Å²) >= 11 is 0. The third-order valence-corrected chi connectivity index (χ3v) is 4.82. The molecule has 0 bridgehead atoms. The molecule has 1 amide bonds. The van der Waals surface area contributed by atoms with Gasteiger partial charge in [-0.25, -0.2) is 9.18 Å². The van der Waals surface area contributed by atoms with E-state index < -0.39 is 18.0 Å². The second-order valence-electron chi connectivity index (χ2n) is 6.61. The van der Waals surface area contributed by atoms with Crippen molar-refractivity contribution in [2.45, 2.75) is 19.2 Å². The third-order valence-electron chi connectivity index (χ3n) is 4.82. The Morgan fingerprint density at radius 2 is 2.32 bits per heavy atom. The number of nitrogens with one attached hydrogen (secondary N) is 1. The Balaban J connectivity index is 1.46. The molecule has 4 rings (SSSR count). The lowest BCUT2D eigenvalue weighted by molar-refractivity contribution is -0.441. The van der Waals surface area contributed by atoms with Gasteiger partial charge in [0.05, 0.1) is 31.6 Å². The second kappa shape index (κ2) is 7.34. The Morgan fingerprint density at radius 3 is 3.07 bits per heavy atom. The van der Waals surface area contributed by atoms with Crippen LogP contribution in [0.25, 0.3) is 0 Å². The van der Waals surface area contributed by atoms with E-state index in [-0.39, 0.29) is 19.2 Å². The van der Waals surface area contributed by atoms with Gasteiger partial charge in [-0.3, -0.25) is 4.98 Å². The summed E-state index contributed by atoms with van der Waals surface area (Å²) in [4.78, 5) is 17.4. The summed E-state index contributed by atoms with van der Waals surface area (Å²) in [6.45, 7) is 1.59. The number of methoxy groups -OCH3 is 1. The van der Waals surface area contributed by atoms with E-state index in [1.54, 1.807) is 18.3 Å². The molecule has 0 radical (unpaired) electrons. The molecular formula is C19H20FN4O4+. The molecule has 1 aromatic heterocycles. The number of hydrogen-bond acceptors (Lipinski definition) is 5. The van der Waals surface area contributed by atoms with Gasteiger partial charge in [0.2, 0.25) is 5.69 Å². The first kappa shape index (κ1) is 18.0. The summed E-state index contributed by atoms with van der Waals surface area (Å²) in [6, 6.07) is 8.64. The smallest absolute Gasteiger partial charge is 0.453 e. The number of fused-ring (bicyclic) bond motifs is 1. The number of halogens is 1. The summed E-state index contributed by atoms with van der Waals surface area (Å²) in [6.07, 6.45) is 0.347. The molecule has 0 aliphatic carbocycles. The molecule has 0 saturated heterocycles. The van der Waals surface area contributed by atoms with Crippen molar-refractivity contribution in [1.29, 1.82) is 0 Å². The van der Waals surface area contributed by atoms with Gasteiger partial charge in [-0.1, -0.05) is 6.07 Å². The maximum Gasteiger partial charge on any atom is 0.553 e. The van der Waals surface area contributed by atoms with Crippen molar-refractivity contribution in [3.63, 3.8) is 0 Å². The van der Waals surface area contributed by atoms with Crippen LogP contribution in [0.2, 0.25) is 0 Å². The number of aromatic nitrogens is 1. The number of carbonyl (C=O) groups is 1. The summed E-state index contributed by atoms with van der Waals surface area (Å²) in [5.74, 6) is -0.394. The van der Waals surface area contributed by atoms with E-state index in [2.05, 4.69) is 15.0 Å². The van der Waals surface area contributed by atoms with E-state index in [1.165, 1.54) is 17.8 Å². The van der Waals surface area contributed by atoms with Crippen molar-refractivity contribution in [1.82, 2.24) is 10.3 Å². The van der Waals surface area contributed by atoms with Crippen molar-refractivity contribution < 1.29 is 28.3 Å². The topological polar surface area (TPSA) is 86.9 Å². The maximum absolute atomic E-state index is 14.8. The molecule has 0 fully saturated rings. The molecule has 0 unspecified atom stereocenters. The number of carbonyl (C=O) groups excluding carboxylic acids is 1. The molecule has 9 heteroatoms. The molecule has 2 aliphatic heterocycles. The Labute approximate surface area is 160 Å². The van der Waals surface area contributed by atoms with Crippen LogP contribution in [0, 0.1) is 5.82 Å². The number of nitrogens with zero attached hydrogens (tertiary/aromatic N) is 3. The predicted molar refractivity (Wildman–Crippen MR) is 98.2 cm³/mol. The second-order valence-corrected chi connectivity index (χ2v) is 6.61. The average molecular weight is 387 g/mol. The zero-order valence-corrected chi connectivity index (χ0v) is 15.3. The van der Waals surface area contributed by atoms with Gasteiger partial charge in [-0.15, -0.1) is 4.58 Å². The first-order chi connectivity index (χ1) is 13.5. The van der Waals surface area contributed by atoms with Crippen LogP contribution in [0.5, 0.6) is 0 Å². The fourth-order valence-corrected chi connectivity index (χ4v) is 3.41. The zero-order valence-electron chi connectivity index (χ0n) is 15.3. The van der Waals surface area contributed by atoms with Crippen LogP contribution in [-0.4, -0.2) is 53.1 Å². The molecule has 8 nitrogen and oxygen atoms in total. The van der Waals surface area contributed by atoms with E-state index in [4.69, 9.17) is 4.74 Å². The van der Waals surface area contributed by atoms with Crippen LogP contribution in [0.1, 0.15) is 11.3 Å². The molecule has 2 aromatic rings. The Morgan fingerprint density at radius 1 is 1.46 bits per heavy atom. The molecule has 2 N–H and O–H groups in total. The van der Waals surface area contributed by atoms with Gasteiger partial charge in [0.25, 0.3) is 0 Å². The van der Waals surface area contributed by atoms with Gasteiger partial charge in [0, 0.05) is 24.9 Å². The molecule has 3 heterocycles. The van der Waals surface area contributed by atoms with Gasteiger partial charge in [0.15, 0.2) is 18.5 Å². The Bertz CT molecular complexity index is 924. The van der Waals surface area contributed by atoms with Gasteiger partial charge in [-0.2, -0.15) is 0 Å². The lowest BCUT2D eigenvalue weighted by atomic mass is 10.2. The molecule has 2 aliphatic rings. The SMILES string of the molecule is COC(=O)NC[C@H]1C[N+](c2ccc(N3Cc4cccnc4C3)c(F)c2)=C(O)O1. The minimum atomic E-state index is -0.585. The summed E-state index contributed by atoms with van der Waals surface area (Å²) in [5, 5.41) is 12.6. The van der Waals surface area contributed by atoms with E-state index in [9.17, 15) is 14.3 Å². The summed E-state index contributed by atoms with van der Waals surface area (Å²) < 4.78 is 26.1. The number of ether oxygens (including phenoxy) is 2. The van der Waals surface area contributed by atoms with Gasteiger partial charge in [-0.05, 0) is 17.7 Å². The highest BCUT2D eigenvalue weighted by Crippen LogP contribution is 2.31. The molecule has 0 spiro atoms. The number of rotatable bonds is 4. The summed E-state index contributed by atoms with van der Waals surface area (Å²) in [7, 11) is 1.26. The zero-order chi connectivity index (χ0) is 19.7. The monoisotopic (exact) mass is 387 g/mol. The lowest BCUT2D eigenvalue weighted by Crippen LogP contribution is -2.34. The molecular weight excluding hydrogens is 367 g/mol. The highest BCUT2D eigenvalue weighted by molar-refractivity contribution is 5.67. The van der Waals surface area contributed by atoms with Crippen LogP contribution in [0.3, 0.4) is 0 Å². The minimum absolute atomic E-state index is 0.160. The molecule has 146 valence electrons. The van der Waals surface area contributed by atoms with Gasteiger partial charge < -0.3 is 24.8 Å². The predicted octanol–water partition coefficient (Wildman–Crippen LogP) is 2.05. The van der Waals surface area contributed by atoms with Gasteiger partial charge in [0.1, 0.15) is 0 Å². The number of benzene rings is 1. The number of aliphatic hydroxyl groups is 1. The van der Waals surface area contributed by atoms with Crippen LogP contribution in [-0.2, 0) is 22.6 Å². The number of anilines is 1. The fraction of sp³-hybridized carbons (Fsp3) is 0.316. The number of aliphatic hydroxyl groups excluding tert-OH is 1. The number of hydrogen-bond donors (Lipinski definition) is 2. The van der Waals surface area contributed by atoms with E-state index >= 15 is 0 Å². The van der Waals surface area contributed by atoms with E-state index in [0.29, 0.717) is 24.5 Å². The third kappa shape index (κ3) is 3.42. The highest BCUT2D eigenvalue weighted by atomic mass is 19.1. The van der Waals surface area contributed by atoms with Crippen molar-refractivity contribution in [3.05, 3.63) is 53.6 Å². The number of alkyl carbamates (subject to hydrolysis) is 1. The summed E-state index contributed by atoms with van der Waals surface area (Å²) in [5.41, 5.74) is 2.98. The van der Waals surface area contributed by atoms with Crippen molar-refractivity contribution >= 4 is 23.6 Å². The average Bonchev–Trinajstić information content (AvgIpc) is 3.29. The normalized spacial score (nSPS) is 18.1. The molecule has 28 heavy (non-hydrogen) atoms. The van der Waals surface area contributed by atoms with Crippen LogP contribution < -0.4 is 10.2 Å². The maximum atomic E-state index is 14.8. The van der Waals surface area contributed by atoms with Crippen LogP contribution in [0.15, 0.2) is 36.5 Å². The molecule has 1 aromatic carbocycles. The first-order valence-corrected chi connectivity index (χ1v) is 8.84. The lowest BCUT2D eigenvalue weighted by Gasteiger charge is -2.18. The van der Waals surface area contributed by atoms with Gasteiger partial charge >= 0.3 is 12.2 Å². The molecule has 1 atom stereocenters. The fourth-order valence-electron chi connectivity index (χ4n) is 3.41. The van der Waals surface area contributed by atoms with Crippen molar-refractivity contribution in [3.8, 4) is 0 Å². The number of amides is 1. The Kier molecular flexibility index (Phi) is 4.72. The quantitative estimate of drug-likeness (QED) is 0.781. The Hall–Kier alpha value is -3.36. The van der Waals surface area contributed by atoms with Crippen molar-refractivity contribution in [2.24, 2.45) is 0 Å². The van der Waals surface area contributed by atoms with Crippen LogP contribution in [0.4, 0.5) is 20.6 Å². The van der Waals surface area contributed by atoms with E-state index in [1.807, 2.05) is 17.0 Å². The minimum Gasteiger partial charge on any atom is -0.453 e. The molecule has 0 saturated carbocycles. The highest BCUT2D eigenvalue weighted by Gasteiger charge is 2.35. The standard InChI is InChI=1S/C19H19FN4O4/c1-27-18(25)22-8-14-10-24(19(26)28-14)13-4-5-17(15(20)7-13)23-9-12-3-2-6-21-16(12)11-23/h2-7,14H,8-11H2,1H3,(H,22,25)/p+1/t14-/m0/s1. The van der Waals surface area contributed by atoms with Crippen LogP contribution >= 0.6 is 0 Å².